The summed E-state index contributed by atoms with van der Waals surface area (Å²) in [5.74, 6) is 0.143. The molecule has 23 heavy (non-hydrogen) atoms. The highest BCUT2D eigenvalue weighted by Crippen LogP contribution is 2.20. The largest absolute Gasteiger partial charge is 0.394 e. The lowest BCUT2D eigenvalue weighted by Gasteiger charge is -2.15. The Morgan fingerprint density at radius 1 is 1.17 bits per heavy atom. The predicted octanol–water partition coefficient (Wildman–Crippen LogP) is 2.06. The van der Waals surface area contributed by atoms with E-state index in [1.807, 2.05) is 30.3 Å². The number of rotatable bonds is 5. The van der Waals surface area contributed by atoms with Crippen molar-refractivity contribution >= 4 is 17.2 Å². The van der Waals surface area contributed by atoms with Crippen molar-refractivity contribution in [1.29, 1.82) is 0 Å². The van der Waals surface area contributed by atoms with E-state index in [0.717, 1.165) is 5.56 Å². The number of benzene rings is 1. The minimum absolute atomic E-state index is 0.186. The van der Waals surface area contributed by atoms with Crippen LogP contribution in [0, 0.1) is 0 Å². The average Bonchev–Trinajstić information content (AvgIpc) is 3.11. The van der Waals surface area contributed by atoms with Gasteiger partial charge < -0.3 is 10.4 Å². The summed E-state index contributed by atoms with van der Waals surface area (Å²) in [4.78, 5) is 24.8. The summed E-state index contributed by atoms with van der Waals surface area (Å²) >= 11 is 1.30. The molecule has 0 unspecified atom stereocenters. The second kappa shape index (κ2) is 7.08. The van der Waals surface area contributed by atoms with Gasteiger partial charge in [-0.2, -0.15) is 0 Å². The minimum Gasteiger partial charge on any atom is -0.394 e. The van der Waals surface area contributed by atoms with E-state index in [-0.39, 0.29) is 18.2 Å². The van der Waals surface area contributed by atoms with E-state index >= 15 is 0 Å². The van der Waals surface area contributed by atoms with Crippen LogP contribution >= 0.6 is 11.3 Å². The lowest BCUT2D eigenvalue weighted by atomic mass is 10.1. The Morgan fingerprint density at radius 3 is 2.61 bits per heavy atom. The summed E-state index contributed by atoms with van der Waals surface area (Å²) in [5, 5.41) is 14.5. The molecule has 0 fully saturated rings. The number of hydrogen-bond acceptors (Lipinski definition) is 6. The first-order valence-electron chi connectivity index (χ1n) is 6.97. The summed E-state index contributed by atoms with van der Waals surface area (Å²) in [6.45, 7) is -0.186. The molecule has 1 amide bonds. The summed E-state index contributed by atoms with van der Waals surface area (Å²) in [7, 11) is 0. The first-order chi connectivity index (χ1) is 11.3. The van der Waals surface area contributed by atoms with Gasteiger partial charge >= 0.3 is 0 Å². The molecule has 3 rings (SSSR count). The number of aromatic nitrogens is 3. The number of carbonyl (C=O) groups excluding carboxylic acids is 1. The molecule has 1 aromatic carbocycles. The molecule has 2 N–H and O–H groups in total. The van der Waals surface area contributed by atoms with Crippen LogP contribution in [0.4, 0.5) is 0 Å². The van der Waals surface area contributed by atoms with Crippen molar-refractivity contribution in [1.82, 2.24) is 20.3 Å². The van der Waals surface area contributed by atoms with E-state index in [1.165, 1.54) is 11.3 Å². The maximum absolute atomic E-state index is 12.3. The molecule has 0 radical (unpaired) electrons. The number of aliphatic hydroxyl groups excluding tert-OH is 1. The lowest BCUT2D eigenvalue weighted by Crippen LogP contribution is -2.31. The van der Waals surface area contributed by atoms with Crippen LogP contribution in [0.15, 0.2) is 54.2 Å². The average molecular weight is 326 g/mol. The topological polar surface area (TPSA) is 88.0 Å². The molecule has 0 saturated heterocycles. The predicted molar refractivity (Wildman–Crippen MR) is 86.9 cm³/mol. The Balaban J connectivity index is 1.75. The summed E-state index contributed by atoms with van der Waals surface area (Å²) in [6.07, 6.45) is 3.25. The molecular formula is C16H14N4O2S. The Labute approximate surface area is 136 Å². The number of carbonyl (C=O) groups is 1. The minimum atomic E-state index is -0.471. The quantitative estimate of drug-likeness (QED) is 0.749. The summed E-state index contributed by atoms with van der Waals surface area (Å²) in [6, 6.07) is 10.6. The number of aliphatic hydroxyl groups is 1. The molecular weight excluding hydrogens is 312 g/mol. The van der Waals surface area contributed by atoms with Crippen molar-refractivity contribution in [3.8, 4) is 10.8 Å². The van der Waals surface area contributed by atoms with Gasteiger partial charge in [-0.3, -0.25) is 4.79 Å². The molecule has 116 valence electrons. The normalized spacial score (nSPS) is 11.9. The first kappa shape index (κ1) is 15.3. The third-order valence-corrected chi connectivity index (χ3v) is 4.02. The fourth-order valence-electron chi connectivity index (χ4n) is 2.04. The lowest BCUT2D eigenvalue weighted by molar-refractivity contribution is 0.0912. The molecule has 0 spiro atoms. The van der Waals surface area contributed by atoms with Crippen LogP contribution < -0.4 is 5.32 Å². The molecule has 2 heterocycles. The Kier molecular flexibility index (Phi) is 4.70. The fourth-order valence-corrected chi connectivity index (χ4v) is 2.79. The highest BCUT2D eigenvalue weighted by molar-refractivity contribution is 7.13. The number of nitrogens with one attached hydrogen (secondary N) is 1. The molecule has 0 saturated carbocycles. The fraction of sp³-hybridized carbons (Fsp3) is 0.125. The first-order valence-corrected chi connectivity index (χ1v) is 7.85. The van der Waals surface area contributed by atoms with Crippen molar-refractivity contribution in [2.75, 3.05) is 6.61 Å². The second-order valence-corrected chi connectivity index (χ2v) is 5.59. The zero-order chi connectivity index (χ0) is 16.1. The van der Waals surface area contributed by atoms with Crippen molar-refractivity contribution in [3.63, 3.8) is 0 Å². The highest BCUT2D eigenvalue weighted by Gasteiger charge is 2.18. The van der Waals surface area contributed by atoms with E-state index in [0.29, 0.717) is 10.8 Å². The van der Waals surface area contributed by atoms with Crippen LogP contribution in [-0.2, 0) is 0 Å². The molecule has 2 aromatic heterocycles. The third-order valence-electron chi connectivity index (χ3n) is 3.18. The van der Waals surface area contributed by atoms with Crippen LogP contribution in [0.25, 0.3) is 10.8 Å². The van der Waals surface area contributed by atoms with Crippen molar-refractivity contribution in [2.24, 2.45) is 0 Å². The van der Waals surface area contributed by atoms with Crippen LogP contribution in [-0.4, -0.2) is 32.6 Å². The number of hydrogen-bond donors (Lipinski definition) is 2. The van der Waals surface area contributed by atoms with Gasteiger partial charge in [0, 0.05) is 17.8 Å². The van der Waals surface area contributed by atoms with Crippen molar-refractivity contribution < 1.29 is 9.90 Å². The standard InChI is InChI=1S/C16H14N4O2S/c21-9-12(11-5-2-1-3-6-11)19-15(22)13-10-23-16(20-13)14-17-7-4-8-18-14/h1-8,10,12,21H,9H2,(H,19,22)/t12-/m1/s1. The zero-order valence-electron chi connectivity index (χ0n) is 12.1. The molecule has 0 aliphatic rings. The number of amides is 1. The van der Waals surface area contributed by atoms with Gasteiger partial charge in [-0.15, -0.1) is 11.3 Å². The third kappa shape index (κ3) is 3.58. The van der Waals surface area contributed by atoms with Crippen LogP contribution in [0.3, 0.4) is 0 Å². The van der Waals surface area contributed by atoms with E-state index in [1.54, 1.807) is 23.8 Å². The molecule has 0 aliphatic carbocycles. The summed E-state index contributed by atoms with van der Waals surface area (Å²) in [5.41, 5.74) is 1.12. The van der Waals surface area contributed by atoms with Crippen molar-refractivity contribution in [2.45, 2.75) is 6.04 Å². The van der Waals surface area contributed by atoms with Crippen molar-refractivity contribution in [3.05, 3.63) is 65.4 Å². The molecule has 6 nitrogen and oxygen atoms in total. The maximum atomic E-state index is 12.3. The highest BCUT2D eigenvalue weighted by atomic mass is 32.1. The molecule has 7 heteroatoms. The van der Waals surface area contributed by atoms with E-state index in [4.69, 9.17) is 0 Å². The van der Waals surface area contributed by atoms with E-state index < -0.39 is 6.04 Å². The zero-order valence-corrected chi connectivity index (χ0v) is 12.9. The van der Waals surface area contributed by atoms with E-state index in [9.17, 15) is 9.90 Å². The maximum Gasteiger partial charge on any atom is 0.271 e. The second-order valence-electron chi connectivity index (χ2n) is 4.73. The van der Waals surface area contributed by atoms with Gasteiger partial charge in [0.2, 0.25) is 0 Å². The van der Waals surface area contributed by atoms with Gasteiger partial charge in [-0.05, 0) is 11.6 Å². The van der Waals surface area contributed by atoms with E-state index in [2.05, 4.69) is 20.3 Å². The van der Waals surface area contributed by atoms with Crippen LogP contribution in [0.5, 0.6) is 0 Å². The molecule has 1 atom stereocenters. The molecule has 0 bridgehead atoms. The van der Waals surface area contributed by atoms with Gasteiger partial charge in [-0.25, -0.2) is 15.0 Å². The molecule has 0 aliphatic heterocycles. The van der Waals surface area contributed by atoms with Crippen LogP contribution in [0.1, 0.15) is 22.1 Å². The SMILES string of the molecule is O=C(N[C@H](CO)c1ccccc1)c1csc(-c2ncccn2)n1. The van der Waals surface area contributed by atoms with Gasteiger partial charge in [0.1, 0.15) is 5.69 Å². The Hall–Kier alpha value is -2.64. The monoisotopic (exact) mass is 326 g/mol. The number of thiazole rings is 1. The Morgan fingerprint density at radius 2 is 1.91 bits per heavy atom. The van der Waals surface area contributed by atoms with Crippen LogP contribution in [0.2, 0.25) is 0 Å². The van der Waals surface area contributed by atoms with Gasteiger partial charge in [0.15, 0.2) is 10.8 Å². The van der Waals surface area contributed by atoms with Gasteiger partial charge in [0.25, 0.3) is 5.91 Å². The summed E-state index contributed by atoms with van der Waals surface area (Å²) < 4.78 is 0. The molecule has 3 aromatic rings. The smallest absolute Gasteiger partial charge is 0.271 e. The number of nitrogens with zero attached hydrogens (tertiary/aromatic N) is 3. The Bertz CT molecular complexity index is 777. The van der Waals surface area contributed by atoms with Gasteiger partial charge in [-0.1, -0.05) is 30.3 Å². The van der Waals surface area contributed by atoms with Gasteiger partial charge in [0.05, 0.1) is 12.6 Å².